The molecule has 0 aliphatic rings. The predicted octanol–water partition coefficient (Wildman–Crippen LogP) is 2.53. The summed E-state index contributed by atoms with van der Waals surface area (Å²) in [5, 5.41) is 5.58. The zero-order valence-electron chi connectivity index (χ0n) is 12.0. The summed E-state index contributed by atoms with van der Waals surface area (Å²) in [7, 11) is 0. The highest BCUT2D eigenvalue weighted by Gasteiger charge is 2.11. The van der Waals surface area contributed by atoms with E-state index in [9.17, 15) is 9.59 Å². The Bertz CT molecular complexity index is 624. The Labute approximate surface area is 123 Å². The van der Waals surface area contributed by atoms with E-state index < -0.39 is 0 Å². The van der Waals surface area contributed by atoms with Gasteiger partial charge in [0.1, 0.15) is 0 Å². The molecule has 2 amide bonds. The molecule has 0 radical (unpaired) electrons. The van der Waals surface area contributed by atoms with Gasteiger partial charge in [-0.25, -0.2) is 0 Å². The van der Waals surface area contributed by atoms with Gasteiger partial charge in [0.2, 0.25) is 5.91 Å². The number of rotatable bonds is 4. The molecule has 0 aliphatic carbocycles. The summed E-state index contributed by atoms with van der Waals surface area (Å²) < 4.78 is 0. The summed E-state index contributed by atoms with van der Waals surface area (Å²) in [6.45, 7) is 3.36. The SMILES string of the molecule is CC(=O)Nc1ccc(C(=O)N[C@@H](C)c2ccncc2)cc1. The van der Waals surface area contributed by atoms with Crippen molar-refractivity contribution < 1.29 is 9.59 Å². The van der Waals surface area contributed by atoms with E-state index in [1.54, 1.807) is 36.7 Å². The Morgan fingerprint density at radius 1 is 1.05 bits per heavy atom. The lowest BCUT2D eigenvalue weighted by Gasteiger charge is -2.14. The molecule has 2 aromatic rings. The Balaban J connectivity index is 2.01. The zero-order chi connectivity index (χ0) is 15.2. The van der Waals surface area contributed by atoms with Gasteiger partial charge in [-0.3, -0.25) is 14.6 Å². The van der Waals surface area contributed by atoms with Gasteiger partial charge in [-0.05, 0) is 48.9 Å². The molecule has 0 unspecified atom stereocenters. The van der Waals surface area contributed by atoms with Gasteiger partial charge in [0.05, 0.1) is 6.04 Å². The van der Waals surface area contributed by atoms with Gasteiger partial charge in [-0.2, -0.15) is 0 Å². The molecule has 2 rings (SSSR count). The summed E-state index contributed by atoms with van der Waals surface area (Å²) >= 11 is 0. The average molecular weight is 283 g/mol. The molecule has 1 aromatic carbocycles. The lowest BCUT2D eigenvalue weighted by Crippen LogP contribution is -2.26. The second-order valence-corrected chi connectivity index (χ2v) is 4.73. The Kier molecular flexibility index (Phi) is 4.66. The molecule has 0 spiro atoms. The zero-order valence-corrected chi connectivity index (χ0v) is 12.0. The van der Waals surface area contributed by atoms with Gasteiger partial charge in [0.25, 0.3) is 5.91 Å². The third-order valence-electron chi connectivity index (χ3n) is 3.02. The summed E-state index contributed by atoms with van der Waals surface area (Å²) in [6.07, 6.45) is 3.39. The molecule has 5 nitrogen and oxygen atoms in total. The van der Waals surface area contributed by atoms with Crippen LogP contribution in [-0.2, 0) is 4.79 Å². The number of hydrogen-bond acceptors (Lipinski definition) is 3. The Hall–Kier alpha value is -2.69. The van der Waals surface area contributed by atoms with E-state index in [2.05, 4.69) is 15.6 Å². The molecule has 2 N–H and O–H groups in total. The smallest absolute Gasteiger partial charge is 0.251 e. The van der Waals surface area contributed by atoms with Gasteiger partial charge >= 0.3 is 0 Å². The summed E-state index contributed by atoms with van der Waals surface area (Å²) in [5.41, 5.74) is 2.21. The van der Waals surface area contributed by atoms with E-state index >= 15 is 0 Å². The molecular weight excluding hydrogens is 266 g/mol. The van der Waals surface area contributed by atoms with Crippen molar-refractivity contribution in [3.8, 4) is 0 Å². The number of nitrogens with zero attached hydrogens (tertiary/aromatic N) is 1. The van der Waals surface area contributed by atoms with Crippen molar-refractivity contribution in [3.05, 3.63) is 59.9 Å². The molecule has 108 valence electrons. The minimum absolute atomic E-state index is 0.101. The molecule has 1 heterocycles. The fraction of sp³-hybridized carbons (Fsp3) is 0.188. The van der Waals surface area contributed by atoms with Crippen LogP contribution in [0.2, 0.25) is 0 Å². The molecule has 0 saturated heterocycles. The molecule has 0 aliphatic heterocycles. The van der Waals surface area contributed by atoms with Crippen molar-refractivity contribution in [2.24, 2.45) is 0 Å². The van der Waals surface area contributed by atoms with Crippen LogP contribution in [0.5, 0.6) is 0 Å². The van der Waals surface area contributed by atoms with Gasteiger partial charge < -0.3 is 10.6 Å². The monoisotopic (exact) mass is 283 g/mol. The first-order valence-corrected chi connectivity index (χ1v) is 6.64. The first-order valence-electron chi connectivity index (χ1n) is 6.64. The Morgan fingerprint density at radius 3 is 2.24 bits per heavy atom. The topological polar surface area (TPSA) is 71.1 Å². The van der Waals surface area contributed by atoms with Crippen LogP contribution in [0.4, 0.5) is 5.69 Å². The van der Waals surface area contributed by atoms with Crippen molar-refractivity contribution in [1.29, 1.82) is 0 Å². The van der Waals surface area contributed by atoms with Crippen LogP contribution in [0.25, 0.3) is 0 Å². The minimum Gasteiger partial charge on any atom is -0.346 e. The number of pyridine rings is 1. The first-order chi connectivity index (χ1) is 10.1. The maximum atomic E-state index is 12.1. The van der Waals surface area contributed by atoms with Gasteiger partial charge in [-0.1, -0.05) is 0 Å². The highest BCUT2D eigenvalue weighted by atomic mass is 16.2. The molecule has 0 fully saturated rings. The molecule has 1 atom stereocenters. The maximum Gasteiger partial charge on any atom is 0.251 e. The van der Waals surface area contributed by atoms with Crippen molar-refractivity contribution >= 4 is 17.5 Å². The fourth-order valence-corrected chi connectivity index (χ4v) is 1.92. The van der Waals surface area contributed by atoms with E-state index in [4.69, 9.17) is 0 Å². The highest BCUT2D eigenvalue weighted by Crippen LogP contribution is 2.13. The average Bonchev–Trinajstić information content (AvgIpc) is 2.48. The highest BCUT2D eigenvalue weighted by molar-refractivity contribution is 5.95. The molecule has 1 aromatic heterocycles. The predicted molar refractivity (Wildman–Crippen MR) is 80.9 cm³/mol. The van der Waals surface area contributed by atoms with Crippen LogP contribution >= 0.6 is 0 Å². The number of amides is 2. The molecule has 5 heteroatoms. The number of carbonyl (C=O) groups excluding carboxylic acids is 2. The normalized spacial score (nSPS) is 11.5. The third-order valence-corrected chi connectivity index (χ3v) is 3.02. The largest absolute Gasteiger partial charge is 0.346 e. The van der Waals surface area contributed by atoms with Crippen molar-refractivity contribution in [1.82, 2.24) is 10.3 Å². The van der Waals surface area contributed by atoms with Crippen LogP contribution in [0.15, 0.2) is 48.8 Å². The molecular formula is C16H17N3O2. The van der Waals surface area contributed by atoms with Crippen molar-refractivity contribution in [2.75, 3.05) is 5.32 Å². The van der Waals surface area contributed by atoms with Gasteiger partial charge in [-0.15, -0.1) is 0 Å². The van der Waals surface area contributed by atoms with E-state index in [1.807, 2.05) is 19.1 Å². The number of benzene rings is 1. The van der Waals surface area contributed by atoms with Crippen molar-refractivity contribution in [3.63, 3.8) is 0 Å². The number of carbonyl (C=O) groups is 2. The minimum atomic E-state index is -0.159. The third kappa shape index (κ3) is 4.14. The second-order valence-electron chi connectivity index (χ2n) is 4.73. The molecule has 0 bridgehead atoms. The van der Waals surface area contributed by atoms with E-state index in [0.29, 0.717) is 11.3 Å². The van der Waals surface area contributed by atoms with Gasteiger partial charge in [0, 0.05) is 30.6 Å². The summed E-state index contributed by atoms with van der Waals surface area (Å²) in [4.78, 5) is 27.0. The number of hydrogen-bond donors (Lipinski definition) is 2. The summed E-state index contributed by atoms with van der Waals surface area (Å²) in [5.74, 6) is -0.299. The second kappa shape index (κ2) is 6.65. The van der Waals surface area contributed by atoms with E-state index in [1.165, 1.54) is 6.92 Å². The van der Waals surface area contributed by atoms with Gasteiger partial charge in [0.15, 0.2) is 0 Å². The standard InChI is InChI=1S/C16H17N3O2/c1-11(13-7-9-17-10-8-13)18-16(21)14-3-5-15(6-4-14)19-12(2)20/h3-11H,1-2H3,(H,18,21)(H,19,20)/t11-/m0/s1. The molecule has 21 heavy (non-hydrogen) atoms. The fourth-order valence-electron chi connectivity index (χ4n) is 1.92. The van der Waals surface area contributed by atoms with E-state index in [-0.39, 0.29) is 17.9 Å². The lowest BCUT2D eigenvalue weighted by molar-refractivity contribution is -0.114. The number of anilines is 1. The quantitative estimate of drug-likeness (QED) is 0.905. The number of nitrogens with one attached hydrogen (secondary N) is 2. The van der Waals surface area contributed by atoms with Crippen LogP contribution < -0.4 is 10.6 Å². The number of aromatic nitrogens is 1. The summed E-state index contributed by atoms with van der Waals surface area (Å²) in [6, 6.07) is 10.4. The van der Waals surface area contributed by atoms with Crippen LogP contribution in [0.1, 0.15) is 35.8 Å². The lowest BCUT2D eigenvalue weighted by atomic mass is 10.1. The van der Waals surface area contributed by atoms with Crippen LogP contribution in [0.3, 0.4) is 0 Å². The van der Waals surface area contributed by atoms with E-state index in [0.717, 1.165) is 5.56 Å². The maximum absolute atomic E-state index is 12.1. The Morgan fingerprint density at radius 2 is 1.67 bits per heavy atom. The first kappa shape index (κ1) is 14.7. The van der Waals surface area contributed by atoms with Crippen LogP contribution in [-0.4, -0.2) is 16.8 Å². The van der Waals surface area contributed by atoms with Crippen LogP contribution in [0, 0.1) is 0 Å². The van der Waals surface area contributed by atoms with Crippen molar-refractivity contribution in [2.45, 2.75) is 19.9 Å². The molecule has 0 saturated carbocycles.